The van der Waals surface area contributed by atoms with Crippen LogP contribution in [0.2, 0.25) is 0 Å². The highest BCUT2D eigenvalue weighted by molar-refractivity contribution is 5.46. The lowest BCUT2D eigenvalue weighted by Crippen LogP contribution is -2.13. The average molecular weight is 277 g/mol. The largest absolute Gasteiger partial charge is 0.491 e. The Morgan fingerprint density at radius 2 is 1.70 bits per heavy atom. The van der Waals surface area contributed by atoms with Crippen LogP contribution >= 0.6 is 0 Å². The Morgan fingerprint density at radius 1 is 1.00 bits per heavy atom. The predicted molar refractivity (Wildman–Crippen MR) is 83.5 cm³/mol. The maximum atomic E-state index is 5.56. The lowest BCUT2D eigenvalue weighted by atomic mass is 10.0. The highest BCUT2D eigenvalue weighted by Gasteiger charge is 2.11. The number of anilines is 1. The fourth-order valence-electron chi connectivity index (χ4n) is 2.74. The number of rotatable bonds is 7. The first kappa shape index (κ1) is 15.2. The third-order valence-electron chi connectivity index (χ3n) is 3.98. The van der Waals surface area contributed by atoms with Crippen LogP contribution in [0, 0.1) is 5.92 Å². The van der Waals surface area contributed by atoms with E-state index in [2.05, 4.69) is 17.4 Å². The zero-order valence-electron chi connectivity index (χ0n) is 12.6. The van der Waals surface area contributed by atoms with Gasteiger partial charge in [-0.2, -0.15) is 0 Å². The third kappa shape index (κ3) is 5.41. The van der Waals surface area contributed by atoms with Gasteiger partial charge in [0, 0.05) is 19.3 Å². The molecule has 1 aromatic rings. The molecule has 0 aliphatic heterocycles. The summed E-state index contributed by atoms with van der Waals surface area (Å²) in [6.45, 7) is 2.33. The Morgan fingerprint density at radius 3 is 2.35 bits per heavy atom. The van der Waals surface area contributed by atoms with Crippen molar-refractivity contribution in [2.75, 3.05) is 32.2 Å². The van der Waals surface area contributed by atoms with Crippen LogP contribution in [0.15, 0.2) is 24.3 Å². The second-order valence-electron chi connectivity index (χ2n) is 5.60. The first-order chi connectivity index (χ1) is 9.88. The van der Waals surface area contributed by atoms with Crippen molar-refractivity contribution in [2.45, 2.75) is 38.5 Å². The number of methoxy groups -OCH3 is 1. The van der Waals surface area contributed by atoms with E-state index >= 15 is 0 Å². The summed E-state index contributed by atoms with van der Waals surface area (Å²) in [5.74, 6) is 1.75. The van der Waals surface area contributed by atoms with Crippen LogP contribution in [0.1, 0.15) is 38.5 Å². The number of hydrogen-bond donors (Lipinski definition) is 1. The van der Waals surface area contributed by atoms with Gasteiger partial charge in [-0.05, 0) is 43.0 Å². The summed E-state index contributed by atoms with van der Waals surface area (Å²) in [6, 6.07) is 8.23. The summed E-state index contributed by atoms with van der Waals surface area (Å²) < 4.78 is 10.5. The van der Waals surface area contributed by atoms with E-state index in [1.807, 2.05) is 12.1 Å². The molecule has 2 rings (SSSR count). The molecule has 0 spiro atoms. The van der Waals surface area contributed by atoms with Crippen LogP contribution in [0.4, 0.5) is 5.69 Å². The van der Waals surface area contributed by atoms with Gasteiger partial charge in [-0.15, -0.1) is 0 Å². The molecular weight excluding hydrogens is 250 g/mol. The minimum Gasteiger partial charge on any atom is -0.491 e. The molecule has 0 saturated heterocycles. The maximum Gasteiger partial charge on any atom is 0.119 e. The molecule has 0 heterocycles. The number of benzene rings is 1. The molecular formula is C17H27NO2. The Kier molecular flexibility index (Phi) is 6.72. The van der Waals surface area contributed by atoms with Crippen LogP contribution in [-0.2, 0) is 4.74 Å². The zero-order chi connectivity index (χ0) is 14.0. The van der Waals surface area contributed by atoms with Crippen molar-refractivity contribution in [2.24, 2.45) is 5.92 Å². The summed E-state index contributed by atoms with van der Waals surface area (Å²) in [5, 5.41) is 3.56. The van der Waals surface area contributed by atoms with Crippen LogP contribution in [-0.4, -0.2) is 26.9 Å². The molecule has 1 aromatic carbocycles. The first-order valence-electron chi connectivity index (χ1n) is 7.84. The van der Waals surface area contributed by atoms with Crippen molar-refractivity contribution in [1.29, 1.82) is 0 Å². The quantitative estimate of drug-likeness (QED) is 0.601. The second-order valence-corrected chi connectivity index (χ2v) is 5.60. The molecule has 1 aliphatic carbocycles. The molecule has 112 valence electrons. The van der Waals surface area contributed by atoms with Crippen LogP contribution in [0.5, 0.6) is 5.75 Å². The van der Waals surface area contributed by atoms with Crippen molar-refractivity contribution in [3.63, 3.8) is 0 Å². The minimum atomic E-state index is 0.603. The topological polar surface area (TPSA) is 30.5 Å². The van der Waals surface area contributed by atoms with Gasteiger partial charge in [0.15, 0.2) is 0 Å². The molecule has 1 N–H and O–H groups in total. The highest BCUT2D eigenvalue weighted by Crippen LogP contribution is 2.23. The number of nitrogens with one attached hydrogen (secondary N) is 1. The van der Waals surface area contributed by atoms with E-state index in [1.165, 1.54) is 44.2 Å². The van der Waals surface area contributed by atoms with Crippen molar-refractivity contribution in [3.05, 3.63) is 24.3 Å². The fraction of sp³-hybridized carbons (Fsp3) is 0.647. The van der Waals surface area contributed by atoms with Gasteiger partial charge in [-0.1, -0.05) is 25.7 Å². The lowest BCUT2D eigenvalue weighted by molar-refractivity contribution is 0.146. The van der Waals surface area contributed by atoms with Gasteiger partial charge in [-0.3, -0.25) is 0 Å². The summed E-state index contributed by atoms with van der Waals surface area (Å²) in [6.07, 6.45) is 8.40. The van der Waals surface area contributed by atoms with Gasteiger partial charge in [-0.25, -0.2) is 0 Å². The SMILES string of the molecule is COCCOc1ccc(NCC2CCCCCC2)cc1. The molecule has 3 nitrogen and oxygen atoms in total. The Hall–Kier alpha value is -1.22. The van der Waals surface area contributed by atoms with Gasteiger partial charge < -0.3 is 14.8 Å². The highest BCUT2D eigenvalue weighted by atomic mass is 16.5. The summed E-state index contributed by atoms with van der Waals surface area (Å²) in [5.41, 5.74) is 1.19. The van der Waals surface area contributed by atoms with E-state index in [4.69, 9.17) is 9.47 Å². The molecule has 1 fully saturated rings. The van der Waals surface area contributed by atoms with Gasteiger partial charge in [0.2, 0.25) is 0 Å². The average Bonchev–Trinajstić information content (AvgIpc) is 2.75. The molecule has 1 aliphatic rings. The van der Waals surface area contributed by atoms with Crippen LogP contribution in [0.25, 0.3) is 0 Å². The molecule has 0 aromatic heterocycles. The van der Waals surface area contributed by atoms with Gasteiger partial charge in [0.25, 0.3) is 0 Å². The van der Waals surface area contributed by atoms with E-state index in [9.17, 15) is 0 Å². The molecule has 3 heteroatoms. The second kappa shape index (κ2) is 8.85. The summed E-state index contributed by atoms with van der Waals surface area (Å²) >= 11 is 0. The molecule has 0 radical (unpaired) electrons. The predicted octanol–water partition coefficient (Wildman–Crippen LogP) is 4.09. The van der Waals surface area contributed by atoms with Crippen LogP contribution in [0.3, 0.4) is 0 Å². The van der Waals surface area contributed by atoms with Crippen LogP contribution < -0.4 is 10.1 Å². The van der Waals surface area contributed by atoms with E-state index in [1.54, 1.807) is 7.11 Å². The minimum absolute atomic E-state index is 0.603. The molecule has 0 amide bonds. The molecule has 0 bridgehead atoms. The van der Waals surface area contributed by atoms with E-state index in [-0.39, 0.29) is 0 Å². The van der Waals surface area contributed by atoms with Crippen molar-refractivity contribution in [1.82, 2.24) is 0 Å². The standard InChI is InChI=1S/C17H27NO2/c1-19-12-13-20-17-10-8-16(9-11-17)18-14-15-6-4-2-3-5-7-15/h8-11,15,18H,2-7,12-14H2,1H3. The molecule has 20 heavy (non-hydrogen) atoms. The molecule has 0 atom stereocenters. The van der Waals surface area contributed by atoms with E-state index < -0.39 is 0 Å². The maximum absolute atomic E-state index is 5.56. The van der Waals surface area contributed by atoms with Crippen molar-refractivity contribution in [3.8, 4) is 5.75 Å². The Balaban J connectivity index is 1.72. The first-order valence-corrected chi connectivity index (χ1v) is 7.84. The van der Waals surface area contributed by atoms with Crippen molar-refractivity contribution < 1.29 is 9.47 Å². The number of hydrogen-bond acceptors (Lipinski definition) is 3. The summed E-state index contributed by atoms with van der Waals surface area (Å²) in [7, 11) is 1.68. The normalized spacial score (nSPS) is 16.6. The smallest absolute Gasteiger partial charge is 0.119 e. The molecule has 0 unspecified atom stereocenters. The monoisotopic (exact) mass is 277 g/mol. The Bertz CT molecular complexity index is 356. The summed E-state index contributed by atoms with van der Waals surface area (Å²) in [4.78, 5) is 0. The fourth-order valence-corrected chi connectivity index (χ4v) is 2.74. The van der Waals surface area contributed by atoms with E-state index in [0.717, 1.165) is 18.2 Å². The number of ether oxygens (including phenoxy) is 2. The van der Waals surface area contributed by atoms with Gasteiger partial charge in [0.05, 0.1) is 6.61 Å². The Labute approximate surface area is 122 Å². The lowest BCUT2D eigenvalue weighted by Gasteiger charge is -2.16. The van der Waals surface area contributed by atoms with Gasteiger partial charge in [0.1, 0.15) is 12.4 Å². The third-order valence-corrected chi connectivity index (χ3v) is 3.98. The van der Waals surface area contributed by atoms with Gasteiger partial charge >= 0.3 is 0 Å². The van der Waals surface area contributed by atoms with E-state index in [0.29, 0.717) is 13.2 Å². The van der Waals surface area contributed by atoms with Crippen molar-refractivity contribution >= 4 is 5.69 Å². The molecule has 1 saturated carbocycles. The zero-order valence-corrected chi connectivity index (χ0v) is 12.6.